The molecule has 12 heteroatoms. The highest BCUT2D eigenvalue weighted by atomic mass is 35.5. The lowest BCUT2D eigenvalue weighted by atomic mass is 10.0. The molecule has 0 spiro atoms. The van der Waals surface area contributed by atoms with Crippen molar-refractivity contribution in [1.82, 2.24) is 15.0 Å². The third-order valence-corrected chi connectivity index (χ3v) is 10.0. The van der Waals surface area contributed by atoms with Gasteiger partial charge in [0.1, 0.15) is 22.7 Å². The van der Waals surface area contributed by atoms with E-state index in [1.54, 1.807) is 12.1 Å². The van der Waals surface area contributed by atoms with E-state index in [0.717, 1.165) is 66.6 Å². The molecule has 7 rings (SSSR count). The Balaban J connectivity index is 1.06. The molecule has 2 atom stereocenters. The van der Waals surface area contributed by atoms with Gasteiger partial charge in [0.2, 0.25) is 0 Å². The summed E-state index contributed by atoms with van der Waals surface area (Å²) >= 11 is 14.6. The number of hydrogen-bond donors (Lipinski definition) is 1. The Labute approximate surface area is 263 Å². The first kappa shape index (κ1) is 28.9. The van der Waals surface area contributed by atoms with E-state index in [1.165, 1.54) is 11.3 Å². The molecule has 0 amide bonds. The number of benzene rings is 2. The summed E-state index contributed by atoms with van der Waals surface area (Å²) in [5, 5.41) is 16.0. The van der Waals surface area contributed by atoms with Crippen LogP contribution in [0.25, 0.3) is 21.5 Å². The number of nitrogens with zero attached hydrogens (tertiary/aromatic N) is 4. The van der Waals surface area contributed by atoms with Crippen molar-refractivity contribution in [3.63, 3.8) is 0 Å². The van der Waals surface area contributed by atoms with Crippen LogP contribution in [0.4, 0.5) is 5.13 Å². The van der Waals surface area contributed by atoms with Gasteiger partial charge in [-0.25, -0.2) is 9.78 Å². The van der Waals surface area contributed by atoms with E-state index in [9.17, 15) is 9.90 Å². The van der Waals surface area contributed by atoms with Gasteiger partial charge in [0.05, 0.1) is 39.1 Å². The molecule has 2 aromatic carbocycles. The third-order valence-electron chi connectivity index (χ3n) is 8.34. The molecule has 4 heterocycles. The van der Waals surface area contributed by atoms with Crippen LogP contribution in [-0.2, 0) is 11.3 Å². The van der Waals surface area contributed by atoms with Crippen LogP contribution in [0.1, 0.15) is 60.7 Å². The van der Waals surface area contributed by atoms with E-state index < -0.39 is 5.97 Å². The molecular weight excluding hydrogens is 611 g/mol. The Bertz CT molecular complexity index is 1670. The van der Waals surface area contributed by atoms with Crippen molar-refractivity contribution >= 4 is 55.9 Å². The van der Waals surface area contributed by atoms with Crippen molar-refractivity contribution in [3.05, 3.63) is 57.3 Å². The SMILES string of the molecule is CC(C)Oc1cc(C(=O)O)cc2sc(N3CCN4CC(OCc5c(-c6c(Cl)cccc6Cl)noc5C5CC5)C[C@@H]4C3)nc12. The number of piperazine rings is 1. The standard InChI is InChI=1S/C31H32Cl2N4O5S/c1-16(2)41-24-10-18(30(38)39)11-25-28(24)34-31(43-25)37-9-8-36-14-20(12-19(36)13-37)40-15-21-27(35-42-29(21)17-6-7-17)26-22(32)4-3-5-23(26)33/h3-5,10-11,16-17,19-20H,6-9,12-15H2,1-2H3,(H,38,39)/t19-,20?/m1/s1. The van der Waals surface area contributed by atoms with Gasteiger partial charge in [0.25, 0.3) is 0 Å². The van der Waals surface area contributed by atoms with Crippen LogP contribution >= 0.6 is 34.5 Å². The maximum absolute atomic E-state index is 11.7. The lowest BCUT2D eigenvalue weighted by Crippen LogP contribution is -2.50. The molecular formula is C31H32Cl2N4O5S. The number of fused-ring (bicyclic) bond motifs is 2. The number of carboxylic acids is 1. The minimum atomic E-state index is -0.978. The molecule has 1 saturated carbocycles. The van der Waals surface area contributed by atoms with Crippen LogP contribution in [0.5, 0.6) is 5.75 Å². The van der Waals surface area contributed by atoms with E-state index in [1.807, 2.05) is 32.0 Å². The fourth-order valence-electron chi connectivity index (χ4n) is 6.13. The van der Waals surface area contributed by atoms with Gasteiger partial charge < -0.3 is 24.0 Å². The average molecular weight is 644 g/mol. The molecule has 4 aromatic rings. The summed E-state index contributed by atoms with van der Waals surface area (Å²) in [5.74, 6) is 0.790. The largest absolute Gasteiger partial charge is 0.489 e. The summed E-state index contributed by atoms with van der Waals surface area (Å²) in [6, 6.07) is 9.04. The predicted octanol–water partition coefficient (Wildman–Crippen LogP) is 7.10. The van der Waals surface area contributed by atoms with Crippen LogP contribution < -0.4 is 9.64 Å². The number of aromatic nitrogens is 2. The fraction of sp³-hybridized carbons (Fsp3) is 0.452. The second-order valence-corrected chi connectivity index (χ2v) is 13.6. The number of hydrogen-bond acceptors (Lipinski definition) is 9. The number of halogens is 2. The molecule has 226 valence electrons. The summed E-state index contributed by atoms with van der Waals surface area (Å²) in [4.78, 5) is 21.4. The van der Waals surface area contributed by atoms with Gasteiger partial charge >= 0.3 is 5.97 Å². The zero-order valence-corrected chi connectivity index (χ0v) is 26.2. The number of anilines is 1. The molecule has 1 aliphatic carbocycles. The summed E-state index contributed by atoms with van der Waals surface area (Å²) < 4.78 is 19.1. The van der Waals surface area contributed by atoms with E-state index in [-0.39, 0.29) is 17.8 Å². The molecule has 1 N–H and O–H groups in total. The number of carbonyl (C=O) groups is 1. The van der Waals surface area contributed by atoms with Crippen molar-refractivity contribution in [2.45, 2.75) is 63.9 Å². The second kappa shape index (κ2) is 11.6. The molecule has 3 fully saturated rings. The molecule has 3 aliphatic rings. The Kier molecular flexibility index (Phi) is 7.75. The highest BCUT2D eigenvalue weighted by molar-refractivity contribution is 7.22. The predicted molar refractivity (Wildman–Crippen MR) is 167 cm³/mol. The first-order valence-corrected chi connectivity index (χ1v) is 16.2. The van der Waals surface area contributed by atoms with Crippen LogP contribution in [0, 0.1) is 0 Å². The lowest BCUT2D eigenvalue weighted by Gasteiger charge is -2.37. The van der Waals surface area contributed by atoms with Crippen molar-refractivity contribution in [1.29, 1.82) is 0 Å². The lowest BCUT2D eigenvalue weighted by molar-refractivity contribution is 0.0463. The molecule has 1 unspecified atom stereocenters. The van der Waals surface area contributed by atoms with Gasteiger partial charge in [-0.1, -0.05) is 45.8 Å². The highest BCUT2D eigenvalue weighted by Crippen LogP contribution is 2.46. The molecule has 2 saturated heterocycles. The Morgan fingerprint density at radius 3 is 2.70 bits per heavy atom. The van der Waals surface area contributed by atoms with Gasteiger partial charge in [-0.05, 0) is 57.4 Å². The number of ether oxygens (including phenoxy) is 2. The minimum absolute atomic E-state index is 0.0704. The number of rotatable bonds is 9. The first-order chi connectivity index (χ1) is 20.7. The zero-order valence-electron chi connectivity index (χ0n) is 23.9. The van der Waals surface area contributed by atoms with Gasteiger partial charge in [0, 0.05) is 49.3 Å². The summed E-state index contributed by atoms with van der Waals surface area (Å²) in [7, 11) is 0. The van der Waals surface area contributed by atoms with Crippen LogP contribution in [0.2, 0.25) is 10.0 Å². The molecule has 2 aliphatic heterocycles. The van der Waals surface area contributed by atoms with Crippen LogP contribution in [-0.4, -0.2) is 70.5 Å². The highest BCUT2D eigenvalue weighted by Gasteiger charge is 2.39. The van der Waals surface area contributed by atoms with Crippen LogP contribution in [0.15, 0.2) is 34.9 Å². The second-order valence-electron chi connectivity index (χ2n) is 11.8. The van der Waals surface area contributed by atoms with Crippen molar-refractivity contribution in [2.75, 3.05) is 31.1 Å². The zero-order chi connectivity index (χ0) is 29.8. The van der Waals surface area contributed by atoms with Gasteiger partial charge in [-0.15, -0.1) is 0 Å². The molecule has 9 nitrogen and oxygen atoms in total. The molecule has 2 aromatic heterocycles. The maximum Gasteiger partial charge on any atom is 0.335 e. The van der Waals surface area contributed by atoms with Gasteiger partial charge in [-0.2, -0.15) is 0 Å². The van der Waals surface area contributed by atoms with E-state index in [4.69, 9.17) is 42.2 Å². The smallest absolute Gasteiger partial charge is 0.335 e. The van der Waals surface area contributed by atoms with Crippen molar-refractivity contribution in [2.24, 2.45) is 0 Å². The minimum Gasteiger partial charge on any atom is -0.489 e. The van der Waals surface area contributed by atoms with E-state index in [2.05, 4.69) is 15.0 Å². The van der Waals surface area contributed by atoms with E-state index in [0.29, 0.717) is 51.1 Å². The molecule has 0 radical (unpaired) electrons. The Morgan fingerprint density at radius 2 is 1.98 bits per heavy atom. The topological polar surface area (TPSA) is 101 Å². The molecule has 0 bridgehead atoms. The van der Waals surface area contributed by atoms with Gasteiger partial charge in [0.15, 0.2) is 5.13 Å². The van der Waals surface area contributed by atoms with E-state index >= 15 is 0 Å². The van der Waals surface area contributed by atoms with Crippen molar-refractivity contribution < 1.29 is 23.9 Å². The van der Waals surface area contributed by atoms with Gasteiger partial charge in [-0.3, -0.25) is 4.90 Å². The number of aromatic carboxylic acids is 1. The monoisotopic (exact) mass is 642 g/mol. The normalized spacial score (nSPS) is 20.7. The summed E-state index contributed by atoms with van der Waals surface area (Å²) in [6.07, 6.45) is 3.05. The molecule has 43 heavy (non-hydrogen) atoms. The quantitative estimate of drug-likeness (QED) is 0.205. The summed E-state index contributed by atoms with van der Waals surface area (Å²) in [6.45, 7) is 7.66. The third kappa shape index (κ3) is 5.71. The Morgan fingerprint density at radius 1 is 1.19 bits per heavy atom. The fourth-order valence-corrected chi connectivity index (χ4v) is 7.76. The van der Waals surface area contributed by atoms with Crippen molar-refractivity contribution in [3.8, 4) is 17.0 Å². The summed E-state index contributed by atoms with van der Waals surface area (Å²) in [5.41, 5.74) is 3.22. The first-order valence-electron chi connectivity index (χ1n) is 14.6. The average Bonchev–Trinajstić information content (AvgIpc) is 3.38. The number of thiazole rings is 1. The Hall–Kier alpha value is -2.89. The maximum atomic E-state index is 11.7. The van der Waals surface area contributed by atoms with Crippen LogP contribution in [0.3, 0.4) is 0 Å². The number of carboxylic acid groups (broad SMARTS) is 1.